The first-order valence-corrected chi connectivity index (χ1v) is 15.2. The molecule has 1 aromatic heterocycles. The van der Waals surface area contributed by atoms with Gasteiger partial charge < -0.3 is 9.47 Å². The molecule has 4 aromatic carbocycles. The highest BCUT2D eigenvalue weighted by atomic mass is 32.2. The molecule has 5 aromatic rings. The van der Waals surface area contributed by atoms with E-state index in [9.17, 15) is 4.79 Å². The van der Waals surface area contributed by atoms with Crippen LogP contribution < -0.4 is 14.9 Å². The Bertz CT molecular complexity index is 1710. The molecule has 0 atom stereocenters. The van der Waals surface area contributed by atoms with Crippen molar-refractivity contribution in [2.45, 2.75) is 37.9 Å². The zero-order valence-electron chi connectivity index (χ0n) is 25.2. The number of hydrazone groups is 1. The number of rotatable bonds is 11. The maximum Gasteiger partial charge on any atom is 0.250 e. The van der Waals surface area contributed by atoms with E-state index in [-0.39, 0.29) is 17.1 Å². The molecule has 0 aliphatic rings. The molecule has 0 bridgehead atoms. The van der Waals surface area contributed by atoms with Crippen LogP contribution in [0, 0.1) is 0 Å². The number of ether oxygens (including phenoxy) is 2. The van der Waals surface area contributed by atoms with Gasteiger partial charge in [0.2, 0.25) is 0 Å². The lowest BCUT2D eigenvalue weighted by Crippen LogP contribution is -2.20. The molecule has 44 heavy (non-hydrogen) atoms. The van der Waals surface area contributed by atoms with E-state index in [0.29, 0.717) is 17.6 Å². The van der Waals surface area contributed by atoms with E-state index in [0.717, 1.165) is 33.9 Å². The number of hydrogen-bond donors (Lipinski definition) is 1. The van der Waals surface area contributed by atoms with Crippen LogP contribution in [0.1, 0.15) is 37.5 Å². The zero-order chi connectivity index (χ0) is 30.9. The van der Waals surface area contributed by atoms with Crippen LogP contribution in [0.3, 0.4) is 0 Å². The van der Waals surface area contributed by atoms with E-state index >= 15 is 0 Å². The van der Waals surface area contributed by atoms with Gasteiger partial charge in [0.25, 0.3) is 5.91 Å². The lowest BCUT2D eigenvalue weighted by molar-refractivity contribution is -0.118. The maximum absolute atomic E-state index is 12.7. The Morgan fingerprint density at radius 2 is 1.66 bits per heavy atom. The van der Waals surface area contributed by atoms with Crippen LogP contribution >= 0.6 is 11.8 Å². The summed E-state index contributed by atoms with van der Waals surface area (Å²) < 4.78 is 13.2. The molecule has 8 nitrogen and oxygen atoms in total. The van der Waals surface area contributed by atoms with Crippen molar-refractivity contribution in [2.75, 3.05) is 12.9 Å². The van der Waals surface area contributed by atoms with Crippen LogP contribution in [0.2, 0.25) is 0 Å². The first-order valence-electron chi connectivity index (χ1n) is 14.2. The lowest BCUT2D eigenvalue weighted by Gasteiger charge is -2.19. The molecule has 5 rings (SSSR count). The van der Waals surface area contributed by atoms with Crippen molar-refractivity contribution in [1.82, 2.24) is 20.2 Å². The fourth-order valence-corrected chi connectivity index (χ4v) is 5.14. The Kier molecular flexibility index (Phi) is 9.76. The van der Waals surface area contributed by atoms with Crippen LogP contribution in [0.4, 0.5) is 0 Å². The fraction of sp³-hybridized carbons (Fsp3) is 0.200. The summed E-state index contributed by atoms with van der Waals surface area (Å²) in [7, 11) is 1.63. The van der Waals surface area contributed by atoms with Crippen molar-refractivity contribution >= 4 is 23.9 Å². The molecule has 0 fully saturated rings. The first-order chi connectivity index (χ1) is 21.3. The summed E-state index contributed by atoms with van der Waals surface area (Å²) in [5.41, 5.74) is 7.57. The Morgan fingerprint density at radius 1 is 0.909 bits per heavy atom. The molecule has 224 valence electrons. The van der Waals surface area contributed by atoms with E-state index in [2.05, 4.69) is 65.8 Å². The average molecular weight is 606 g/mol. The third kappa shape index (κ3) is 7.93. The molecule has 0 saturated heterocycles. The van der Waals surface area contributed by atoms with Crippen LogP contribution in [0.5, 0.6) is 11.5 Å². The number of carbonyl (C=O) groups is 1. The highest BCUT2D eigenvalue weighted by Crippen LogP contribution is 2.31. The average Bonchev–Trinajstić information content (AvgIpc) is 3.47. The fourth-order valence-electron chi connectivity index (χ4n) is 4.40. The zero-order valence-corrected chi connectivity index (χ0v) is 26.0. The second kappa shape index (κ2) is 14.1. The largest absolute Gasteiger partial charge is 0.497 e. The van der Waals surface area contributed by atoms with Crippen LogP contribution in [0.15, 0.2) is 113 Å². The van der Waals surface area contributed by atoms with Gasteiger partial charge in [0, 0.05) is 11.3 Å². The Labute approximate surface area is 262 Å². The van der Waals surface area contributed by atoms with E-state index in [1.165, 1.54) is 17.3 Å². The molecule has 1 N–H and O–H groups in total. The van der Waals surface area contributed by atoms with Crippen molar-refractivity contribution < 1.29 is 14.3 Å². The Morgan fingerprint density at radius 3 is 2.36 bits per heavy atom. The second-order valence-electron chi connectivity index (χ2n) is 11.1. The van der Waals surface area contributed by atoms with Crippen LogP contribution in [0.25, 0.3) is 17.1 Å². The van der Waals surface area contributed by atoms with E-state index in [1.54, 1.807) is 13.3 Å². The standard InChI is InChI=1S/C35H35N5O3S/c1-35(2,3)28-15-13-27(14-16-28)33-38-39-34(40(33)29-17-19-30(42-4)20-18-29)44-24-32(41)37-36-22-26-11-8-12-31(21-26)43-23-25-9-6-5-7-10-25/h5-22H,23-24H2,1-4H3,(H,37,41)/b36-22+. The monoisotopic (exact) mass is 605 g/mol. The van der Waals surface area contributed by atoms with Gasteiger partial charge in [0.15, 0.2) is 11.0 Å². The molecule has 0 saturated carbocycles. The van der Waals surface area contributed by atoms with Crippen molar-refractivity contribution in [3.05, 3.63) is 120 Å². The summed E-state index contributed by atoms with van der Waals surface area (Å²) in [4.78, 5) is 12.7. The molecular formula is C35H35N5O3S. The van der Waals surface area contributed by atoms with Gasteiger partial charge in [-0.1, -0.05) is 99.3 Å². The van der Waals surface area contributed by atoms with Gasteiger partial charge in [-0.2, -0.15) is 5.10 Å². The number of methoxy groups -OCH3 is 1. The molecule has 0 unspecified atom stereocenters. The molecule has 9 heteroatoms. The van der Waals surface area contributed by atoms with E-state index < -0.39 is 0 Å². The number of nitrogens with zero attached hydrogens (tertiary/aromatic N) is 4. The highest BCUT2D eigenvalue weighted by Gasteiger charge is 2.19. The number of nitrogens with one attached hydrogen (secondary N) is 1. The summed E-state index contributed by atoms with van der Waals surface area (Å²) in [6, 6.07) is 33.5. The quantitative estimate of drug-likeness (QED) is 0.0985. The molecule has 1 heterocycles. The SMILES string of the molecule is COc1ccc(-n2c(SCC(=O)N/N=C/c3cccc(OCc4ccccc4)c3)nnc2-c2ccc(C(C)(C)C)cc2)cc1. The normalized spacial score (nSPS) is 11.5. The minimum Gasteiger partial charge on any atom is -0.497 e. The van der Waals surface area contributed by atoms with Crippen molar-refractivity contribution in [2.24, 2.45) is 5.10 Å². The molecule has 0 aliphatic carbocycles. The van der Waals surface area contributed by atoms with Crippen molar-refractivity contribution in [3.63, 3.8) is 0 Å². The number of amides is 1. The minimum atomic E-state index is -0.261. The number of aromatic nitrogens is 3. The number of benzene rings is 4. The van der Waals surface area contributed by atoms with Gasteiger partial charge in [-0.25, -0.2) is 5.43 Å². The maximum atomic E-state index is 12.7. The summed E-state index contributed by atoms with van der Waals surface area (Å²) in [5, 5.41) is 13.7. The number of hydrogen-bond acceptors (Lipinski definition) is 7. The Balaban J connectivity index is 1.25. The number of thioether (sulfide) groups is 1. The number of carbonyl (C=O) groups excluding carboxylic acids is 1. The Hall–Kier alpha value is -4.89. The van der Waals surface area contributed by atoms with Gasteiger partial charge in [-0.15, -0.1) is 10.2 Å². The lowest BCUT2D eigenvalue weighted by atomic mass is 9.87. The van der Waals surface area contributed by atoms with Crippen LogP contribution in [-0.2, 0) is 16.8 Å². The van der Waals surface area contributed by atoms with Gasteiger partial charge in [0.1, 0.15) is 18.1 Å². The molecule has 0 aliphatic heterocycles. The molecule has 0 radical (unpaired) electrons. The smallest absolute Gasteiger partial charge is 0.250 e. The second-order valence-corrected chi connectivity index (χ2v) is 12.0. The summed E-state index contributed by atoms with van der Waals surface area (Å²) >= 11 is 1.29. The van der Waals surface area contributed by atoms with Gasteiger partial charge in [-0.3, -0.25) is 9.36 Å². The predicted octanol–water partition coefficient (Wildman–Crippen LogP) is 7.06. The molecule has 0 spiro atoms. The van der Waals surface area contributed by atoms with Gasteiger partial charge in [-0.05, 0) is 58.5 Å². The summed E-state index contributed by atoms with van der Waals surface area (Å²) in [6.07, 6.45) is 1.59. The van der Waals surface area contributed by atoms with Crippen molar-refractivity contribution in [3.8, 4) is 28.6 Å². The van der Waals surface area contributed by atoms with Gasteiger partial charge in [0.05, 0.1) is 19.1 Å². The summed E-state index contributed by atoms with van der Waals surface area (Å²) in [6.45, 7) is 7.03. The van der Waals surface area contributed by atoms with Gasteiger partial charge >= 0.3 is 0 Å². The summed E-state index contributed by atoms with van der Waals surface area (Å²) in [5.74, 6) is 2.00. The first kappa shape index (κ1) is 30.6. The molecular weight excluding hydrogens is 570 g/mol. The van der Waals surface area contributed by atoms with E-state index in [1.807, 2.05) is 83.4 Å². The van der Waals surface area contributed by atoms with Crippen LogP contribution in [-0.4, -0.2) is 39.7 Å². The van der Waals surface area contributed by atoms with Crippen molar-refractivity contribution in [1.29, 1.82) is 0 Å². The molecule has 1 amide bonds. The minimum absolute atomic E-state index is 0.0397. The van der Waals surface area contributed by atoms with E-state index in [4.69, 9.17) is 9.47 Å². The third-order valence-corrected chi connectivity index (χ3v) is 7.74. The third-order valence-electron chi connectivity index (χ3n) is 6.81. The predicted molar refractivity (Wildman–Crippen MR) is 176 cm³/mol. The topological polar surface area (TPSA) is 90.6 Å². The highest BCUT2D eigenvalue weighted by molar-refractivity contribution is 7.99.